The first-order valence-corrected chi connectivity index (χ1v) is 4.25. The zero-order valence-electron chi connectivity index (χ0n) is 6.14. The van der Waals surface area contributed by atoms with Gasteiger partial charge >= 0.3 is 0 Å². The number of benzene rings is 1. The normalized spacial score (nSPS) is 11.3. The summed E-state index contributed by atoms with van der Waals surface area (Å²) in [5, 5.41) is 11.9. The van der Waals surface area contributed by atoms with E-state index in [1.807, 2.05) is 24.3 Å². The molecule has 0 fully saturated rings. The van der Waals surface area contributed by atoms with E-state index in [2.05, 4.69) is 10.1 Å². The monoisotopic (exact) mass is 178 g/mol. The Morgan fingerprint density at radius 3 is 3.00 bits per heavy atom. The van der Waals surface area contributed by atoms with Crippen LogP contribution in [0.25, 0.3) is 10.2 Å². The maximum Gasteiger partial charge on any atom is 0.139 e. The van der Waals surface area contributed by atoms with Crippen molar-refractivity contribution in [2.24, 2.45) is 5.16 Å². The van der Waals surface area contributed by atoms with Crippen LogP contribution in [0.15, 0.2) is 29.4 Å². The van der Waals surface area contributed by atoms with Crippen LogP contribution in [0, 0.1) is 0 Å². The van der Waals surface area contributed by atoms with Gasteiger partial charge < -0.3 is 5.21 Å². The Balaban J connectivity index is 2.62. The predicted octanol–water partition coefficient (Wildman–Crippen LogP) is 2.10. The van der Waals surface area contributed by atoms with Crippen LogP contribution in [0.1, 0.15) is 5.01 Å². The molecule has 12 heavy (non-hydrogen) atoms. The Bertz CT molecular complexity index is 389. The van der Waals surface area contributed by atoms with Gasteiger partial charge in [0, 0.05) is 0 Å². The molecular formula is C8H6N2OS. The van der Waals surface area contributed by atoms with Crippen molar-refractivity contribution in [3.8, 4) is 0 Å². The number of thiazole rings is 1. The van der Waals surface area contributed by atoms with Crippen LogP contribution in [0.3, 0.4) is 0 Å². The van der Waals surface area contributed by atoms with Gasteiger partial charge in [-0.2, -0.15) is 0 Å². The lowest BCUT2D eigenvalue weighted by Crippen LogP contribution is -1.75. The quantitative estimate of drug-likeness (QED) is 0.413. The zero-order chi connectivity index (χ0) is 8.39. The number of hydrogen-bond donors (Lipinski definition) is 1. The molecule has 0 aliphatic carbocycles. The highest BCUT2D eigenvalue weighted by molar-refractivity contribution is 7.20. The fourth-order valence-corrected chi connectivity index (χ4v) is 1.83. The third-order valence-electron chi connectivity index (χ3n) is 1.48. The van der Waals surface area contributed by atoms with Crippen LogP contribution in [-0.2, 0) is 0 Å². The van der Waals surface area contributed by atoms with Gasteiger partial charge in [-0.25, -0.2) is 4.98 Å². The second kappa shape index (κ2) is 2.91. The molecule has 1 aromatic carbocycles. The molecule has 3 nitrogen and oxygen atoms in total. The molecule has 2 rings (SSSR count). The number of oxime groups is 1. The Morgan fingerprint density at radius 1 is 1.42 bits per heavy atom. The molecule has 0 radical (unpaired) electrons. The van der Waals surface area contributed by atoms with E-state index in [0.29, 0.717) is 0 Å². The van der Waals surface area contributed by atoms with Gasteiger partial charge in [-0.15, -0.1) is 11.3 Å². The largest absolute Gasteiger partial charge is 0.411 e. The number of hydrogen-bond acceptors (Lipinski definition) is 4. The standard InChI is InChI=1S/C8H6N2OS/c11-9-5-8-10-6-3-1-2-4-7(6)12-8/h1-5,11H/b9-5-. The van der Waals surface area contributed by atoms with Gasteiger partial charge in [-0.1, -0.05) is 17.3 Å². The lowest BCUT2D eigenvalue weighted by Gasteiger charge is -1.80. The van der Waals surface area contributed by atoms with Crippen LogP contribution in [0.2, 0.25) is 0 Å². The van der Waals surface area contributed by atoms with Gasteiger partial charge in [0.25, 0.3) is 0 Å². The number of rotatable bonds is 1. The Labute approximate surface area is 73.0 Å². The molecule has 0 aliphatic rings. The van der Waals surface area contributed by atoms with Crippen molar-refractivity contribution in [2.45, 2.75) is 0 Å². The van der Waals surface area contributed by atoms with Crippen molar-refractivity contribution in [2.75, 3.05) is 0 Å². The third kappa shape index (κ3) is 1.16. The number of aromatic nitrogens is 1. The smallest absolute Gasteiger partial charge is 0.139 e. The molecular weight excluding hydrogens is 172 g/mol. The molecule has 1 heterocycles. The lowest BCUT2D eigenvalue weighted by atomic mass is 10.3. The highest BCUT2D eigenvalue weighted by Gasteiger charge is 1.98. The first kappa shape index (κ1) is 7.24. The maximum absolute atomic E-state index is 8.28. The summed E-state index contributed by atoms with van der Waals surface area (Å²) < 4.78 is 1.10. The molecule has 0 atom stereocenters. The fourth-order valence-electron chi connectivity index (χ4n) is 0.995. The summed E-state index contributed by atoms with van der Waals surface area (Å²) >= 11 is 1.50. The molecule has 0 amide bonds. The topological polar surface area (TPSA) is 45.5 Å². The average Bonchev–Trinajstić information content (AvgIpc) is 2.47. The average molecular weight is 178 g/mol. The Morgan fingerprint density at radius 2 is 2.25 bits per heavy atom. The summed E-state index contributed by atoms with van der Waals surface area (Å²) in [6, 6.07) is 7.81. The number of para-hydroxylation sites is 1. The molecule has 1 N–H and O–H groups in total. The van der Waals surface area contributed by atoms with E-state index in [-0.39, 0.29) is 0 Å². The summed E-state index contributed by atoms with van der Waals surface area (Å²) in [6.45, 7) is 0. The zero-order valence-corrected chi connectivity index (χ0v) is 6.95. The first-order valence-electron chi connectivity index (χ1n) is 3.43. The summed E-state index contributed by atoms with van der Waals surface area (Å²) in [7, 11) is 0. The van der Waals surface area contributed by atoms with E-state index in [0.717, 1.165) is 15.2 Å². The second-order valence-electron chi connectivity index (χ2n) is 2.26. The van der Waals surface area contributed by atoms with E-state index in [1.165, 1.54) is 17.6 Å². The number of fused-ring (bicyclic) bond motifs is 1. The van der Waals surface area contributed by atoms with Crippen LogP contribution < -0.4 is 0 Å². The summed E-state index contributed by atoms with van der Waals surface area (Å²) in [6.07, 6.45) is 1.34. The summed E-state index contributed by atoms with van der Waals surface area (Å²) in [5.74, 6) is 0. The van der Waals surface area contributed by atoms with Crippen molar-refractivity contribution in [1.82, 2.24) is 4.98 Å². The van der Waals surface area contributed by atoms with Crippen LogP contribution >= 0.6 is 11.3 Å². The van der Waals surface area contributed by atoms with Crippen LogP contribution in [-0.4, -0.2) is 16.4 Å². The molecule has 0 spiro atoms. The Hall–Kier alpha value is -1.42. The molecule has 0 bridgehead atoms. The molecule has 4 heteroatoms. The first-order chi connectivity index (χ1) is 5.90. The van der Waals surface area contributed by atoms with E-state index >= 15 is 0 Å². The third-order valence-corrected chi connectivity index (χ3v) is 2.45. The van der Waals surface area contributed by atoms with Gasteiger partial charge in [0.15, 0.2) is 0 Å². The van der Waals surface area contributed by atoms with Crippen LogP contribution in [0.4, 0.5) is 0 Å². The van der Waals surface area contributed by atoms with E-state index < -0.39 is 0 Å². The lowest BCUT2D eigenvalue weighted by molar-refractivity contribution is 0.322. The minimum Gasteiger partial charge on any atom is -0.411 e. The van der Waals surface area contributed by atoms with E-state index in [9.17, 15) is 0 Å². The van der Waals surface area contributed by atoms with Gasteiger partial charge in [0.1, 0.15) is 11.2 Å². The molecule has 60 valence electrons. The van der Waals surface area contributed by atoms with Crippen molar-refractivity contribution >= 4 is 27.8 Å². The summed E-state index contributed by atoms with van der Waals surface area (Å²) in [4.78, 5) is 4.21. The van der Waals surface area contributed by atoms with Gasteiger partial charge in [0.2, 0.25) is 0 Å². The molecule has 0 saturated heterocycles. The van der Waals surface area contributed by atoms with Crippen LogP contribution in [0.5, 0.6) is 0 Å². The minimum absolute atomic E-state index is 0.721. The fraction of sp³-hybridized carbons (Fsp3) is 0. The van der Waals surface area contributed by atoms with Gasteiger partial charge in [0.05, 0.1) is 10.2 Å². The van der Waals surface area contributed by atoms with Crippen molar-refractivity contribution in [3.05, 3.63) is 29.3 Å². The highest BCUT2D eigenvalue weighted by Crippen LogP contribution is 2.19. The maximum atomic E-state index is 8.28. The highest BCUT2D eigenvalue weighted by atomic mass is 32.1. The molecule has 2 aromatic rings. The minimum atomic E-state index is 0.721. The Kier molecular flexibility index (Phi) is 1.75. The van der Waals surface area contributed by atoms with Crippen molar-refractivity contribution in [3.63, 3.8) is 0 Å². The molecule has 0 aliphatic heterocycles. The van der Waals surface area contributed by atoms with Gasteiger partial charge in [-0.3, -0.25) is 0 Å². The summed E-state index contributed by atoms with van der Waals surface area (Å²) in [5.41, 5.74) is 0.942. The van der Waals surface area contributed by atoms with Crippen molar-refractivity contribution < 1.29 is 5.21 Å². The van der Waals surface area contributed by atoms with E-state index in [1.54, 1.807) is 0 Å². The van der Waals surface area contributed by atoms with E-state index in [4.69, 9.17) is 5.21 Å². The molecule has 0 unspecified atom stereocenters. The number of nitrogens with zero attached hydrogens (tertiary/aromatic N) is 2. The second-order valence-corrected chi connectivity index (χ2v) is 3.33. The SMILES string of the molecule is O/N=C\c1nc2ccccc2s1. The molecule has 0 saturated carbocycles. The molecule has 1 aromatic heterocycles. The van der Waals surface area contributed by atoms with Gasteiger partial charge in [-0.05, 0) is 12.1 Å². The van der Waals surface area contributed by atoms with Crippen molar-refractivity contribution in [1.29, 1.82) is 0 Å². The predicted molar refractivity (Wildman–Crippen MR) is 49.0 cm³/mol.